The van der Waals surface area contributed by atoms with Gasteiger partial charge in [-0.05, 0) is 12.5 Å². The van der Waals surface area contributed by atoms with Crippen LogP contribution in [0, 0.1) is 6.92 Å². The maximum Gasteiger partial charge on any atom is 0.270 e. The van der Waals surface area contributed by atoms with Crippen molar-refractivity contribution in [1.29, 1.82) is 0 Å². The lowest BCUT2D eigenvalue weighted by Crippen LogP contribution is -2.38. The van der Waals surface area contributed by atoms with Gasteiger partial charge in [-0.15, -0.1) is 0 Å². The third-order valence-corrected chi connectivity index (χ3v) is 5.44. The Hall–Kier alpha value is -2.14. The fourth-order valence-corrected chi connectivity index (χ4v) is 4.03. The zero-order chi connectivity index (χ0) is 16.5. The van der Waals surface area contributed by atoms with Crippen molar-refractivity contribution in [2.24, 2.45) is 0 Å². The molecule has 1 aromatic carbocycles. The first-order valence-electron chi connectivity index (χ1n) is 8.22. The van der Waals surface area contributed by atoms with Gasteiger partial charge < -0.3 is 13.9 Å². The molecule has 0 unspecified atom stereocenters. The number of benzene rings is 1. The van der Waals surface area contributed by atoms with E-state index in [-0.39, 0.29) is 5.91 Å². The molecular formula is C19H20N2O2S. The van der Waals surface area contributed by atoms with E-state index in [2.05, 4.69) is 35.8 Å². The van der Waals surface area contributed by atoms with Gasteiger partial charge in [0.05, 0.1) is 11.8 Å². The first-order chi connectivity index (χ1) is 11.7. The van der Waals surface area contributed by atoms with Gasteiger partial charge in [0, 0.05) is 43.3 Å². The molecule has 4 nitrogen and oxygen atoms in total. The standard InChI is InChI=1S/C19H20N2O2S/c1-14-2-4-15(5-3-14)13-21-16-6-9-23-18(16)12-17(21)19(22)20-7-10-24-11-8-20/h2-6,9,12H,7-8,10-11,13H2,1H3. The van der Waals surface area contributed by atoms with E-state index in [0.717, 1.165) is 41.4 Å². The van der Waals surface area contributed by atoms with Crippen molar-refractivity contribution in [2.75, 3.05) is 24.6 Å². The number of thioether (sulfide) groups is 1. The fourth-order valence-electron chi connectivity index (χ4n) is 3.13. The third-order valence-electron chi connectivity index (χ3n) is 4.50. The maximum absolute atomic E-state index is 13.0. The zero-order valence-corrected chi connectivity index (χ0v) is 14.5. The lowest BCUT2D eigenvalue weighted by molar-refractivity contribution is 0.0762. The molecule has 124 valence electrons. The minimum absolute atomic E-state index is 0.105. The van der Waals surface area contributed by atoms with E-state index in [9.17, 15) is 4.79 Å². The number of hydrogen-bond donors (Lipinski definition) is 0. The zero-order valence-electron chi connectivity index (χ0n) is 13.7. The molecule has 1 aliphatic rings. The van der Waals surface area contributed by atoms with Gasteiger partial charge in [-0.3, -0.25) is 4.79 Å². The molecule has 1 aliphatic heterocycles. The molecule has 0 aliphatic carbocycles. The quantitative estimate of drug-likeness (QED) is 0.728. The predicted octanol–water partition coefficient (Wildman–Crippen LogP) is 3.78. The summed E-state index contributed by atoms with van der Waals surface area (Å²) in [7, 11) is 0. The summed E-state index contributed by atoms with van der Waals surface area (Å²) in [5.74, 6) is 2.13. The molecule has 3 aromatic rings. The highest BCUT2D eigenvalue weighted by Crippen LogP contribution is 2.24. The number of fused-ring (bicyclic) bond motifs is 1. The Kier molecular flexibility index (Phi) is 4.10. The van der Waals surface area contributed by atoms with Gasteiger partial charge in [0.2, 0.25) is 0 Å². The van der Waals surface area contributed by atoms with Crippen LogP contribution in [-0.4, -0.2) is 40.0 Å². The van der Waals surface area contributed by atoms with Crippen LogP contribution in [0.25, 0.3) is 11.1 Å². The summed E-state index contributed by atoms with van der Waals surface area (Å²) in [6.45, 7) is 4.39. The highest BCUT2D eigenvalue weighted by molar-refractivity contribution is 7.99. The topological polar surface area (TPSA) is 38.4 Å². The second-order valence-electron chi connectivity index (χ2n) is 6.18. The molecule has 0 spiro atoms. The van der Waals surface area contributed by atoms with E-state index in [1.807, 2.05) is 28.8 Å². The Balaban J connectivity index is 1.71. The number of carbonyl (C=O) groups excluding carboxylic acids is 1. The molecule has 5 heteroatoms. The third kappa shape index (κ3) is 2.84. The van der Waals surface area contributed by atoms with E-state index >= 15 is 0 Å². The molecule has 2 aromatic heterocycles. The van der Waals surface area contributed by atoms with Gasteiger partial charge in [0.1, 0.15) is 5.69 Å². The Labute approximate surface area is 145 Å². The molecule has 0 saturated carbocycles. The van der Waals surface area contributed by atoms with Gasteiger partial charge >= 0.3 is 0 Å². The molecule has 0 radical (unpaired) electrons. The molecule has 3 heterocycles. The largest absolute Gasteiger partial charge is 0.463 e. The van der Waals surface area contributed by atoms with Gasteiger partial charge in [-0.25, -0.2) is 0 Å². The Morgan fingerprint density at radius 2 is 1.92 bits per heavy atom. The van der Waals surface area contributed by atoms with Crippen LogP contribution >= 0.6 is 11.8 Å². The SMILES string of the molecule is Cc1ccc(Cn2c(C(=O)N3CCSCC3)cc3occc32)cc1. The van der Waals surface area contributed by atoms with Crippen LogP contribution in [0.5, 0.6) is 0 Å². The van der Waals surface area contributed by atoms with E-state index < -0.39 is 0 Å². The molecule has 1 amide bonds. The van der Waals surface area contributed by atoms with Crippen molar-refractivity contribution in [2.45, 2.75) is 13.5 Å². The van der Waals surface area contributed by atoms with Crippen molar-refractivity contribution >= 4 is 28.8 Å². The normalized spacial score (nSPS) is 15.1. The first-order valence-corrected chi connectivity index (χ1v) is 9.37. The lowest BCUT2D eigenvalue weighted by atomic mass is 10.1. The molecule has 0 bridgehead atoms. The summed E-state index contributed by atoms with van der Waals surface area (Å²) in [5, 5.41) is 0. The monoisotopic (exact) mass is 340 g/mol. The summed E-state index contributed by atoms with van der Waals surface area (Å²) in [4.78, 5) is 14.9. The van der Waals surface area contributed by atoms with Crippen molar-refractivity contribution in [3.63, 3.8) is 0 Å². The van der Waals surface area contributed by atoms with Crippen molar-refractivity contribution in [3.8, 4) is 0 Å². The molecule has 1 fully saturated rings. The van der Waals surface area contributed by atoms with Crippen LogP contribution in [0.15, 0.2) is 47.1 Å². The Morgan fingerprint density at radius 1 is 1.17 bits per heavy atom. The summed E-state index contributed by atoms with van der Waals surface area (Å²) < 4.78 is 7.61. The first kappa shape index (κ1) is 15.4. The molecule has 0 N–H and O–H groups in total. The highest BCUT2D eigenvalue weighted by atomic mass is 32.2. The number of amides is 1. The number of hydrogen-bond acceptors (Lipinski definition) is 3. The number of rotatable bonds is 3. The van der Waals surface area contributed by atoms with Crippen LogP contribution in [0.4, 0.5) is 0 Å². The Bertz CT molecular complexity index is 857. The van der Waals surface area contributed by atoms with Gasteiger partial charge in [0.15, 0.2) is 5.58 Å². The van der Waals surface area contributed by atoms with E-state index in [1.54, 1.807) is 6.26 Å². The van der Waals surface area contributed by atoms with Crippen molar-refractivity contribution in [3.05, 3.63) is 59.5 Å². The van der Waals surface area contributed by atoms with Crippen LogP contribution in [-0.2, 0) is 6.54 Å². The van der Waals surface area contributed by atoms with E-state index in [1.165, 1.54) is 11.1 Å². The second-order valence-corrected chi connectivity index (χ2v) is 7.40. The van der Waals surface area contributed by atoms with Crippen molar-refractivity contribution in [1.82, 2.24) is 9.47 Å². The predicted molar refractivity (Wildman–Crippen MR) is 97.7 cm³/mol. The minimum atomic E-state index is 0.105. The van der Waals surface area contributed by atoms with Crippen LogP contribution in [0.2, 0.25) is 0 Å². The molecule has 4 rings (SSSR count). The lowest BCUT2D eigenvalue weighted by Gasteiger charge is -2.26. The summed E-state index contributed by atoms with van der Waals surface area (Å²) in [5.41, 5.74) is 4.89. The Morgan fingerprint density at radius 3 is 2.67 bits per heavy atom. The highest BCUT2D eigenvalue weighted by Gasteiger charge is 2.24. The van der Waals surface area contributed by atoms with Gasteiger partial charge in [-0.1, -0.05) is 29.8 Å². The molecule has 1 saturated heterocycles. The van der Waals surface area contributed by atoms with Gasteiger partial charge in [0.25, 0.3) is 5.91 Å². The number of carbonyl (C=O) groups is 1. The van der Waals surface area contributed by atoms with Gasteiger partial charge in [-0.2, -0.15) is 11.8 Å². The smallest absolute Gasteiger partial charge is 0.270 e. The van der Waals surface area contributed by atoms with Crippen LogP contribution in [0.1, 0.15) is 21.6 Å². The molecule has 0 atom stereocenters. The van der Waals surface area contributed by atoms with Crippen LogP contribution < -0.4 is 0 Å². The fraction of sp³-hybridized carbons (Fsp3) is 0.316. The summed E-state index contributed by atoms with van der Waals surface area (Å²) in [6.07, 6.45) is 1.68. The number of aromatic nitrogens is 1. The number of furan rings is 1. The number of nitrogens with zero attached hydrogens (tertiary/aromatic N) is 2. The second kappa shape index (κ2) is 6.40. The summed E-state index contributed by atoms with van der Waals surface area (Å²) >= 11 is 1.91. The van der Waals surface area contributed by atoms with Crippen LogP contribution in [0.3, 0.4) is 0 Å². The average molecular weight is 340 g/mol. The number of aryl methyl sites for hydroxylation is 1. The van der Waals surface area contributed by atoms with E-state index in [0.29, 0.717) is 6.54 Å². The van der Waals surface area contributed by atoms with E-state index in [4.69, 9.17) is 4.42 Å². The van der Waals surface area contributed by atoms with Crippen molar-refractivity contribution < 1.29 is 9.21 Å². The molecular weight excluding hydrogens is 320 g/mol. The maximum atomic E-state index is 13.0. The average Bonchev–Trinajstić information content (AvgIpc) is 3.19. The molecule has 24 heavy (non-hydrogen) atoms. The summed E-state index contributed by atoms with van der Waals surface area (Å²) in [6, 6.07) is 12.3. The minimum Gasteiger partial charge on any atom is -0.463 e.